The van der Waals surface area contributed by atoms with Crippen molar-refractivity contribution in [3.63, 3.8) is 0 Å². The zero-order chi connectivity index (χ0) is 19.7. The Morgan fingerprint density at radius 3 is 2.54 bits per heavy atom. The van der Waals surface area contributed by atoms with Gasteiger partial charge in [-0.2, -0.15) is 0 Å². The number of hydrogen-bond donors (Lipinski definition) is 3. The lowest BCUT2D eigenvalue weighted by Gasteiger charge is -2.51. The number of β-lactam (4-membered cyclic amide) rings is 1. The van der Waals surface area contributed by atoms with Crippen LogP contribution >= 0.6 is 0 Å². The second kappa shape index (κ2) is 7.40. The first-order valence-corrected chi connectivity index (χ1v) is 8.95. The van der Waals surface area contributed by atoms with Gasteiger partial charge in [-0.05, 0) is 40.5 Å². The summed E-state index contributed by atoms with van der Waals surface area (Å²) in [5.74, 6) is -0.506. The molecule has 0 aliphatic carbocycles. The van der Waals surface area contributed by atoms with Gasteiger partial charge in [-0.25, -0.2) is 4.79 Å². The lowest BCUT2D eigenvalue weighted by atomic mass is 9.86. The lowest BCUT2D eigenvalue weighted by molar-refractivity contribution is -0.161. The molecule has 148 valence electrons. The molecule has 0 aromatic carbocycles. The molecule has 9 heteroatoms. The quantitative estimate of drug-likeness (QED) is 0.570. The topological polar surface area (TPSA) is 111 Å². The van der Waals surface area contributed by atoms with Gasteiger partial charge in [0.2, 0.25) is 5.91 Å². The lowest BCUT2D eigenvalue weighted by Crippen LogP contribution is -2.74. The third-order valence-corrected chi connectivity index (χ3v) is 4.75. The zero-order valence-electron chi connectivity index (χ0n) is 16.2. The Kier molecular flexibility index (Phi) is 5.82. The van der Waals surface area contributed by atoms with E-state index in [0.717, 1.165) is 6.42 Å². The number of hydrogen-bond acceptors (Lipinski definition) is 6. The predicted octanol–water partition coefficient (Wildman–Crippen LogP) is -0.359. The van der Waals surface area contributed by atoms with Gasteiger partial charge in [0, 0.05) is 13.6 Å². The van der Waals surface area contributed by atoms with Gasteiger partial charge in [0.15, 0.2) is 0 Å². The Morgan fingerprint density at radius 1 is 1.38 bits per heavy atom. The van der Waals surface area contributed by atoms with Crippen LogP contribution in [-0.4, -0.2) is 82.9 Å². The van der Waals surface area contributed by atoms with Crippen LogP contribution in [0.3, 0.4) is 0 Å². The number of nitrogens with zero attached hydrogens (tertiary/aromatic N) is 2. The number of nitrogens with one attached hydrogen (secondary N) is 2. The van der Waals surface area contributed by atoms with Crippen molar-refractivity contribution in [3.8, 4) is 0 Å². The summed E-state index contributed by atoms with van der Waals surface area (Å²) >= 11 is 0. The van der Waals surface area contributed by atoms with E-state index in [1.165, 1.54) is 18.9 Å². The third kappa shape index (κ3) is 3.93. The van der Waals surface area contributed by atoms with Crippen LogP contribution in [0, 0.1) is 0 Å². The second-order valence-electron chi connectivity index (χ2n) is 7.96. The second-order valence-corrected chi connectivity index (χ2v) is 7.96. The summed E-state index contributed by atoms with van der Waals surface area (Å²) in [5.41, 5.74) is -1.45. The van der Waals surface area contributed by atoms with Crippen molar-refractivity contribution in [2.75, 3.05) is 26.8 Å². The summed E-state index contributed by atoms with van der Waals surface area (Å²) in [6.45, 7) is 7.90. The van der Waals surface area contributed by atoms with Crippen molar-refractivity contribution in [2.24, 2.45) is 0 Å². The molecule has 0 radical (unpaired) electrons. The van der Waals surface area contributed by atoms with Gasteiger partial charge in [-0.15, -0.1) is 0 Å². The van der Waals surface area contributed by atoms with E-state index in [4.69, 9.17) is 4.74 Å². The first-order chi connectivity index (χ1) is 12.0. The number of carbonyl (C=O) groups excluding carboxylic acids is 3. The maximum atomic E-state index is 12.8. The molecule has 2 fully saturated rings. The smallest absolute Gasteiger partial charge is 0.411 e. The Labute approximate surface area is 154 Å². The van der Waals surface area contributed by atoms with Crippen molar-refractivity contribution in [1.82, 2.24) is 20.4 Å². The number of likely N-dealkylation sites (N-methyl/N-ethyl adjacent to an activating group) is 1. The number of rotatable bonds is 5. The molecule has 0 bridgehead atoms. The van der Waals surface area contributed by atoms with E-state index in [1.54, 1.807) is 25.7 Å². The van der Waals surface area contributed by atoms with Gasteiger partial charge in [0.1, 0.15) is 17.2 Å². The molecule has 2 saturated heterocycles. The fraction of sp³-hybridized carbons (Fsp3) is 0.824. The molecular weight excluding hydrogens is 340 g/mol. The van der Waals surface area contributed by atoms with Crippen molar-refractivity contribution in [2.45, 2.75) is 63.8 Å². The van der Waals surface area contributed by atoms with E-state index >= 15 is 0 Å². The molecular formula is C17H30N4O5. The molecule has 2 aliphatic heterocycles. The fourth-order valence-electron chi connectivity index (χ4n) is 3.48. The molecule has 0 saturated carbocycles. The van der Waals surface area contributed by atoms with Crippen LogP contribution in [0.25, 0.3) is 0 Å². The van der Waals surface area contributed by atoms with Gasteiger partial charge in [-0.3, -0.25) is 19.8 Å². The molecule has 2 aliphatic rings. The van der Waals surface area contributed by atoms with Gasteiger partial charge >= 0.3 is 6.09 Å². The maximum Gasteiger partial charge on any atom is 0.411 e. The summed E-state index contributed by atoms with van der Waals surface area (Å²) in [5, 5.41) is 15.1. The summed E-state index contributed by atoms with van der Waals surface area (Å²) < 4.78 is 5.43. The maximum absolute atomic E-state index is 12.8. The highest BCUT2D eigenvalue weighted by atomic mass is 16.6. The average Bonchev–Trinajstić information content (AvgIpc) is 2.98. The van der Waals surface area contributed by atoms with Gasteiger partial charge in [-0.1, -0.05) is 0 Å². The predicted molar refractivity (Wildman–Crippen MR) is 94.2 cm³/mol. The Morgan fingerprint density at radius 2 is 2.04 bits per heavy atom. The molecule has 3 amide bonds. The molecule has 0 aromatic heterocycles. The Bertz CT molecular complexity index is 574. The van der Waals surface area contributed by atoms with E-state index < -0.39 is 29.4 Å². The van der Waals surface area contributed by atoms with E-state index in [-0.39, 0.29) is 18.5 Å². The number of aliphatic hydroxyl groups is 1. The SMILES string of the molecule is CNC(=O)[C@@H](NCN1CC2(CCCN2C(=O)OC(C)(C)C)C1=O)[C@@H](C)O. The standard InChI is InChI=1S/C17H30N4O5/c1-11(22)12(13(23)18-5)19-10-20-9-17(14(20)24)7-6-8-21(17)15(25)26-16(2,3)4/h11-12,19,22H,6-10H2,1-5H3,(H,18,23)/t11-,12+,17?/m1/s1. The van der Waals surface area contributed by atoms with Crippen LogP contribution < -0.4 is 10.6 Å². The molecule has 1 spiro atoms. The van der Waals surface area contributed by atoms with Gasteiger partial charge < -0.3 is 20.1 Å². The van der Waals surface area contributed by atoms with Crippen LogP contribution in [0.15, 0.2) is 0 Å². The molecule has 3 atom stereocenters. The van der Waals surface area contributed by atoms with Crippen molar-refractivity contribution < 1.29 is 24.2 Å². The number of likely N-dealkylation sites (tertiary alicyclic amines) is 2. The van der Waals surface area contributed by atoms with E-state index in [9.17, 15) is 19.5 Å². The number of carbonyl (C=O) groups is 3. The van der Waals surface area contributed by atoms with Crippen LogP contribution in [-0.2, 0) is 14.3 Å². The van der Waals surface area contributed by atoms with Crippen LogP contribution in [0.5, 0.6) is 0 Å². The first-order valence-electron chi connectivity index (χ1n) is 8.95. The molecule has 3 N–H and O–H groups in total. The summed E-state index contributed by atoms with van der Waals surface area (Å²) in [7, 11) is 1.49. The Balaban J connectivity index is 1.97. The van der Waals surface area contributed by atoms with Crippen LogP contribution in [0.1, 0.15) is 40.5 Å². The minimum absolute atomic E-state index is 0.131. The highest BCUT2D eigenvalue weighted by molar-refractivity contribution is 5.96. The zero-order valence-corrected chi connectivity index (χ0v) is 16.2. The Hall–Kier alpha value is -1.87. The number of ether oxygens (including phenoxy) is 1. The molecule has 2 heterocycles. The van der Waals surface area contributed by atoms with Crippen LogP contribution in [0.2, 0.25) is 0 Å². The van der Waals surface area contributed by atoms with E-state index in [0.29, 0.717) is 19.5 Å². The van der Waals surface area contributed by atoms with Crippen molar-refractivity contribution >= 4 is 17.9 Å². The number of amides is 3. The van der Waals surface area contributed by atoms with Gasteiger partial charge in [0.05, 0.1) is 19.3 Å². The van der Waals surface area contributed by atoms with Crippen molar-refractivity contribution in [1.29, 1.82) is 0 Å². The van der Waals surface area contributed by atoms with E-state index in [1.807, 2.05) is 0 Å². The third-order valence-electron chi connectivity index (χ3n) is 4.75. The highest BCUT2D eigenvalue weighted by Gasteiger charge is 2.60. The summed E-state index contributed by atoms with van der Waals surface area (Å²) in [6, 6.07) is -0.810. The summed E-state index contributed by atoms with van der Waals surface area (Å²) in [6.07, 6.45) is -0.00863. The number of aliphatic hydroxyl groups excluding tert-OH is 1. The largest absolute Gasteiger partial charge is 0.444 e. The summed E-state index contributed by atoms with van der Waals surface area (Å²) in [4.78, 5) is 40.0. The molecule has 0 aromatic rings. The molecule has 26 heavy (non-hydrogen) atoms. The highest BCUT2D eigenvalue weighted by Crippen LogP contribution is 2.39. The molecule has 9 nitrogen and oxygen atoms in total. The first kappa shape index (κ1) is 20.4. The van der Waals surface area contributed by atoms with Crippen molar-refractivity contribution in [3.05, 3.63) is 0 Å². The fourth-order valence-corrected chi connectivity index (χ4v) is 3.48. The minimum Gasteiger partial charge on any atom is -0.444 e. The van der Waals surface area contributed by atoms with Gasteiger partial charge in [0.25, 0.3) is 5.91 Å². The van der Waals surface area contributed by atoms with E-state index in [2.05, 4.69) is 10.6 Å². The normalized spacial score (nSPS) is 25.1. The molecule has 1 unspecified atom stereocenters. The monoisotopic (exact) mass is 370 g/mol. The molecule has 2 rings (SSSR count). The van der Waals surface area contributed by atoms with Crippen LogP contribution in [0.4, 0.5) is 4.79 Å². The minimum atomic E-state index is -0.898. The average molecular weight is 370 g/mol.